The second-order valence-corrected chi connectivity index (χ2v) is 6.31. The van der Waals surface area contributed by atoms with E-state index in [0.717, 1.165) is 15.8 Å². The maximum Gasteiger partial charge on any atom is 0.225 e. The summed E-state index contributed by atoms with van der Waals surface area (Å²) in [6.45, 7) is 4.36. The lowest BCUT2D eigenvalue weighted by atomic mass is 10.2. The number of thiophene rings is 1. The van der Waals surface area contributed by atoms with Gasteiger partial charge in [-0.15, -0.1) is 11.3 Å². The van der Waals surface area contributed by atoms with Gasteiger partial charge in [0.1, 0.15) is 15.8 Å². The molecule has 0 bridgehead atoms. The molecule has 3 aromatic rings. The van der Waals surface area contributed by atoms with Crippen LogP contribution in [0.3, 0.4) is 0 Å². The molecule has 0 amide bonds. The third kappa shape index (κ3) is 2.71. The molecule has 3 nitrogen and oxygen atoms in total. The molecule has 0 fully saturated rings. The van der Waals surface area contributed by atoms with E-state index < -0.39 is 0 Å². The van der Waals surface area contributed by atoms with Crippen LogP contribution in [0.2, 0.25) is 5.15 Å². The SMILES string of the molecule is Cc1sc2nc(NCc3ccccc3F)nc(Cl)c2c1C. The third-order valence-electron chi connectivity index (χ3n) is 3.38. The quantitative estimate of drug-likeness (QED) is 0.710. The van der Waals surface area contributed by atoms with Crippen molar-refractivity contribution >= 4 is 39.1 Å². The molecule has 2 heterocycles. The Morgan fingerprint density at radius 1 is 1.24 bits per heavy atom. The largest absolute Gasteiger partial charge is 0.350 e. The molecule has 108 valence electrons. The van der Waals surface area contributed by atoms with E-state index in [1.54, 1.807) is 29.5 Å². The summed E-state index contributed by atoms with van der Waals surface area (Å²) in [6, 6.07) is 6.61. The molecule has 0 aliphatic rings. The second kappa shape index (κ2) is 5.58. The van der Waals surface area contributed by atoms with E-state index in [1.165, 1.54) is 10.9 Å². The topological polar surface area (TPSA) is 37.8 Å². The lowest BCUT2D eigenvalue weighted by Crippen LogP contribution is -2.05. The summed E-state index contributed by atoms with van der Waals surface area (Å²) in [5.41, 5.74) is 1.68. The van der Waals surface area contributed by atoms with E-state index in [1.807, 2.05) is 13.8 Å². The summed E-state index contributed by atoms with van der Waals surface area (Å²) in [5.74, 6) is 0.164. The molecule has 0 aliphatic carbocycles. The Bertz CT molecular complexity index is 816. The van der Waals surface area contributed by atoms with Crippen molar-refractivity contribution in [1.82, 2.24) is 9.97 Å². The van der Waals surface area contributed by atoms with Gasteiger partial charge in [0.05, 0.1) is 5.39 Å². The highest BCUT2D eigenvalue weighted by molar-refractivity contribution is 7.18. The molecule has 1 N–H and O–H groups in total. The summed E-state index contributed by atoms with van der Waals surface area (Å²) >= 11 is 7.82. The number of fused-ring (bicyclic) bond motifs is 1. The van der Waals surface area contributed by atoms with Crippen molar-refractivity contribution in [3.05, 3.63) is 51.2 Å². The number of anilines is 1. The van der Waals surface area contributed by atoms with Crippen LogP contribution < -0.4 is 5.32 Å². The number of aromatic nitrogens is 2. The van der Waals surface area contributed by atoms with Crippen molar-refractivity contribution < 1.29 is 4.39 Å². The summed E-state index contributed by atoms with van der Waals surface area (Å²) < 4.78 is 13.6. The van der Waals surface area contributed by atoms with E-state index in [4.69, 9.17) is 11.6 Å². The zero-order chi connectivity index (χ0) is 15.0. The Kier molecular flexibility index (Phi) is 3.78. The molecular weight excluding hydrogens is 309 g/mol. The van der Waals surface area contributed by atoms with Crippen LogP contribution in [0.25, 0.3) is 10.2 Å². The Labute approximate surface area is 130 Å². The number of halogens is 2. The Balaban J connectivity index is 1.90. The lowest BCUT2D eigenvalue weighted by molar-refractivity contribution is 0.612. The minimum atomic E-state index is -0.250. The van der Waals surface area contributed by atoms with Gasteiger partial charge in [-0.3, -0.25) is 0 Å². The fourth-order valence-corrected chi connectivity index (χ4v) is 3.49. The number of benzene rings is 1. The Morgan fingerprint density at radius 2 is 2.00 bits per heavy atom. The number of rotatable bonds is 3. The summed E-state index contributed by atoms with van der Waals surface area (Å²) in [6.07, 6.45) is 0. The van der Waals surface area contributed by atoms with Crippen LogP contribution in [0.1, 0.15) is 16.0 Å². The third-order valence-corrected chi connectivity index (χ3v) is 4.75. The Morgan fingerprint density at radius 3 is 2.76 bits per heavy atom. The number of hydrogen-bond donors (Lipinski definition) is 1. The van der Waals surface area contributed by atoms with Crippen molar-refractivity contribution in [3.63, 3.8) is 0 Å². The van der Waals surface area contributed by atoms with Gasteiger partial charge < -0.3 is 5.32 Å². The molecule has 1 aromatic carbocycles. The highest BCUT2D eigenvalue weighted by Crippen LogP contribution is 2.33. The van der Waals surface area contributed by atoms with Crippen molar-refractivity contribution in [2.45, 2.75) is 20.4 Å². The first kappa shape index (κ1) is 14.2. The highest BCUT2D eigenvalue weighted by Gasteiger charge is 2.13. The predicted molar refractivity (Wildman–Crippen MR) is 85.6 cm³/mol. The van der Waals surface area contributed by atoms with E-state index >= 15 is 0 Å². The van der Waals surface area contributed by atoms with E-state index in [-0.39, 0.29) is 5.82 Å². The molecule has 21 heavy (non-hydrogen) atoms. The van der Waals surface area contributed by atoms with Crippen LogP contribution in [0.15, 0.2) is 24.3 Å². The van der Waals surface area contributed by atoms with E-state index in [2.05, 4.69) is 15.3 Å². The molecule has 0 saturated carbocycles. The van der Waals surface area contributed by atoms with Gasteiger partial charge in [-0.2, -0.15) is 0 Å². The van der Waals surface area contributed by atoms with E-state index in [0.29, 0.717) is 23.2 Å². The minimum absolute atomic E-state index is 0.250. The van der Waals surface area contributed by atoms with E-state index in [9.17, 15) is 4.39 Å². The van der Waals surface area contributed by atoms with Gasteiger partial charge in [0.15, 0.2) is 0 Å². The normalized spacial score (nSPS) is 11.0. The first-order chi connectivity index (χ1) is 10.1. The number of nitrogens with one attached hydrogen (secondary N) is 1. The van der Waals surface area contributed by atoms with Crippen LogP contribution in [-0.2, 0) is 6.54 Å². The molecule has 0 atom stereocenters. The van der Waals surface area contributed by atoms with Crippen molar-refractivity contribution in [3.8, 4) is 0 Å². The van der Waals surface area contributed by atoms with Crippen LogP contribution in [0.4, 0.5) is 10.3 Å². The molecule has 6 heteroatoms. The predicted octanol–water partition coefficient (Wildman–Crippen LogP) is 4.71. The highest BCUT2D eigenvalue weighted by atomic mass is 35.5. The Hall–Kier alpha value is -1.72. The molecule has 0 unspecified atom stereocenters. The molecule has 0 spiro atoms. The standard InChI is InChI=1S/C15H13ClFN3S/c1-8-9(2)21-14-12(8)13(16)19-15(20-14)18-7-10-5-3-4-6-11(10)17/h3-6H,7H2,1-2H3,(H,18,19,20). The van der Waals surface area contributed by atoms with Gasteiger partial charge in [0, 0.05) is 17.0 Å². The molecule has 0 aliphatic heterocycles. The lowest BCUT2D eigenvalue weighted by Gasteiger charge is -2.06. The summed E-state index contributed by atoms with van der Waals surface area (Å²) in [7, 11) is 0. The average molecular weight is 322 g/mol. The summed E-state index contributed by atoms with van der Waals surface area (Å²) in [5, 5.41) is 4.35. The zero-order valence-corrected chi connectivity index (χ0v) is 13.1. The van der Waals surface area contributed by atoms with Gasteiger partial charge in [-0.1, -0.05) is 29.8 Å². The fourth-order valence-electron chi connectivity index (χ4n) is 2.10. The molecule has 0 radical (unpaired) electrons. The van der Waals surface area contributed by atoms with Gasteiger partial charge in [-0.25, -0.2) is 14.4 Å². The van der Waals surface area contributed by atoms with Crippen LogP contribution in [0, 0.1) is 19.7 Å². The van der Waals surface area contributed by atoms with Crippen molar-refractivity contribution in [2.24, 2.45) is 0 Å². The van der Waals surface area contributed by atoms with Gasteiger partial charge >= 0.3 is 0 Å². The monoisotopic (exact) mass is 321 g/mol. The smallest absolute Gasteiger partial charge is 0.225 e. The van der Waals surface area contributed by atoms with Crippen LogP contribution in [0.5, 0.6) is 0 Å². The maximum absolute atomic E-state index is 13.6. The maximum atomic E-state index is 13.6. The van der Waals surface area contributed by atoms with Crippen molar-refractivity contribution in [1.29, 1.82) is 0 Å². The first-order valence-corrected chi connectivity index (χ1v) is 7.66. The second-order valence-electron chi connectivity index (χ2n) is 4.75. The molecule has 0 saturated heterocycles. The van der Waals surface area contributed by atoms with Gasteiger partial charge in [-0.05, 0) is 25.5 Å². The number of nitrogens with zero attached hydrogens (tertiary/aromatic N) is 2. The minimum Gasteiger partial charge on any atom is -0.350 e. The number of hydrogen-bond acceptors (Lipinski definition) is 4. The van der Waals surface area contributed by atoms with Crippen LogP contribution in [-0.4, -0.2) is 9.97 Å². The van der Waals surface area contributed by atoms with Gasteiger partial charge in [0.25, 0.3) is 0 Å². The summed E-state index contributed by atoms with van der Waals surface area (Å²) in [4.78, 5) is 10.7. The molecule has 3 rings (SSSR count). The van der Waals surface area contributed by atoms with Crippen LogP contribution >= 0.6 is 22.9 Å². The first-order valence-electron chi connectivity index (χ1n) is 6.47. The fraction of sp³-hybridized carbons (Fsp3) is 0.200. The van der Waals surface area contributed by atoms with Crippen molar-refractivity contribution in [2.75, 3.05) is 5.32 Å². The molecule has 2 aromatic heterocycles. The zero-order valence-electron chi connectivity index (χ0n) is 11.6. The average Bonchev–Trinajstić information content (AvgIpc) is 2.73. The molecular formula is C15H13ClFN3S. The number of aryl methyl sites for hydroxylation is 2. The van der Waals surface area contributed by atoms with Gasteiger partial charge in [0.2, 0.25) is 5.95 Å².